The summed E-state index contributed by atoms with van der Waals surface area (Å²) in [6, 6.07) is 1.88. The van der Waals surface area contributed by atoms with Gasteiger partial charge in [0.15, 0.2) is 0 Å². The van der Waals surface area contributed by atoms with E-state index in [0.29, 0.717) is 12.1 Å². The third-order valence-corrected chi connectivity index (χ3v) is 4.26. The van der Waals surface area contributed by atoms with Gasteiger partial charge in [-0.05, 0) is 33.1 Å². The Morgan fingerprint density at radius 2 is 1.94 bits per heavy atom. The van der Waals surface area contributed by atoms with E-state index in [0.717, 1.165) is 6.04 Å². The second kappa shape index (κ2) is 8.10. The van der Waals surface area contributed by atoms with Crippen LogP contribution >= 0.6 is 0 Å². The molecule has 3 unspecified atom stereocenters. The Labute approximate surface area is 108 Å². The lowest BCUT2D eigenvalue weighted by Crippen LogP contribution is -2.49. The summed E-state index contributed by atoms with van der Waals surface area (Å²) in [4.78, 5) is 2.67. The summed E-state index contributed by atoms with van der Waals surface area (Å²) in [6.45, 7) is 8.22. The van der Waals surface area contributed by atoms with Gasteiger partial charge in [-0.3, -0.25) is 4.90 Å². The number of hydrogen-bond acceptors (Lipinski definition) is 2. The van der Waals surface area contributed by atoms with Crippen molar-refractivity contribution >= 4 is 0 Å². The predicted molar refractivity (Wildman–Crippen MR) is 76.2 cm³/mol. The van der Waals surface area contributed by atoms with Gasteiger partial charge >= 0.3 is 0 Å². The molecule has 0 aromatic carbocycles. The molecule has 0 radical (unpaired) electrons. The van der Waals surface area contributed by atoms with Crippen molar-refractivity contribution in [3.8, 4) is 0 Å². The highest BCUT2D eigenvalue weighted by Gasteiger charge is 2.26. The highest BCUT2D eigenvalue weighted by Crippen LogP contribution is 2.21. The SMILES string of the molecule is CCCCCCCC(C)N1CCC(N)CC1C. The molecule has 2 heteroatoms. The Morgan fingerprint density at radius 3 is 2.59 bits per heavy atom. The van der Waals surface area contributed by atoms with Gasteiger partial charge in [-0.25, -0.2) is 0 Å². The van der Waals surface area contributed by atoms with Crippen molar-refractivity contribution in [3.63, 3.8) is 0 Å². The molecular formula is C15H32N2. The minimum absolute atomic E-state index is 0.443. The number of nitrogens with two attached hydrogens (primary N) is 1. The van der Waals surface area contributed by atoms with Crippen molar-refractivity contribution in [1.82, 2.24) is 4.90 Å². The molecule has 1 fully saturated rings. The normalized spacial score (nSPS) is 28.2. The van der Waals surface area contributed by atoms with E-state index in [1.165, 1.54) is 57.9 Å². The molecule has 0 bridgehead atoms. The number of likely N-dealkylation sites (tertiary alicyclic amines) is 1. The Bertz CT molecular complexity index is 193. The first-order chi connectivity index (χ1) is 8.15. The molecule has 0 aromatic heterocycles. The molecule has 1 heterocycles. The van der Waals surface area contributed by atoms with E-state index in [-0.39, 0.29) is 0 Å². The van der Waals surface area contributed by atoms with Crippen LogP contribution in [0.1, 0.15) is 72.1 Å². The molecule has 2 nitrogen and oxygen atoms in total. The maximum Gasteiger partial charge on any atom is 0.00844 e. The van der Waals surface area contributed by atoms with Crippen LogP contribution in [0, 0.1) is 0 Å². The first-order valence-corrected chi connectivity index (χ1v) is 7.66. The van der Waals surface area contributed by atoms with Crippen LogP contribution in [0.2, 0.25) is 0 Å². The summed E-state index contributed by atoms with van der Waals surface area (Å²) in [6.07, 6.45) is 10.7. The second-order valence-corrected chi connectivity index (χ2v) is 5.92. The van der Waals surface area contributed by atoms with Gasteiger partial charge in [-0.1, -0.05) is 39.0 Å². The van der Waals surface area contributed by atoms with E-state index in [1.54, 1.807) is 0 Å². The minimum atomic E-state index is 0.443. The van der Waals surface area contributed by atoms with Gasteiger partial charge in [0.1, 0.15) is 0 Å². The predicted octanol–water partition coefficient (Wildman–Crippen LogP) is 3.55. The molecule has 0 spiro atoms. The number of unbranched alkanes of at least 4 members (excludes halogenated alkanes) is 4. The number of piperidine rings is 1. The van der Waals surface area contributed by atoms with Crippen LogP contribution < -0.4 is 5.73 Å². The Morgan fingerprint density at radius 1 is 1.24 bits per heavy atom. The maximum absolute atomic E-state index is 6.02. The Balaban J connectivity index is 2.16. The van der Waals surface area contributed by atoms with Crippen LogP contribution in [-0.2, 0) is 0 Å². The van der Waals surface area contributed by atoms with Gasteiger partial charge < -0.3 is 5.73 Å². The van der Waals surface area contributed by atoms with Crippen LogP contribution in [0.4, 0.5) is 0 Å². The van der Waals surface area contributed by atoms with Crippen LogP contribution in [0.3, 0.4) is 0 Å². The van der Waals surface area contributed by atoms with Crippen LogP contribution in [0.25, 0.3) is 0 Å². The third kappa shape index (κ3) is 5.39. The van der Waals surface area contributed by atoms with Crippen molar-refractivity contribution in [2.45, 2.75) is 90.3 Å². The molecule has 0 aromatic rings. The summed E-state index contributed by atoms with van der Waals surface area (Å²) in [5, 5.41) is 0. The highest BCUT2D eigenvalue weighted by atomic mass is 15.2. The zero-order chi connectivity index (χ0) is 12.7. The number of nitrogens with zero attached hydrogens (tertiary/aromatic N) is 1. The summed E-state index contributed by atoms with van der Waals surface area (Å²) in [5.74, 6) is 0. The van der Waals surface area contributed by atoms with E-state index in [4.69, 9.17) is 5.73 Å². The van der Waals surface area contributed by atoms with Gasteiger partial charge in [0.2, 0.25) is 0 Å². The molecular weight excluding hydrogens is 208 g/mol. The summed E-state index contributed by atoms with van der Waals surface area (Å²) >= 11 is 0. The molecule has 0 amide bonds. The molecule has 2 N–H and O–H groups in total. The van der Waals surface area contributed by atoms with Gasteiger partial charge in [-0.2, -0.15) is 0 Å². The van der Waals surface area contributed by atoms with E-state index >= 15 is 0 Å². The van der Waals surface area contributed by atoms with Crippen molar-refractivity contribution in [3.05, 3.63) is 0 Å². The fourth-order valence-electron chi connectivity index (χ4n) is 3.09. The van der Waals surface area contributed by atoms with Gasteiger partial charge in [0, 0.05) is 24.7 Å². The third-order valence-electron chi connectivity index (χ3n) is 4.26. The van der Waals surface area contributed by atoms with Crippen molar-refractivity contribution in [2.75, 3.05) is 6.54 Å². The first-order valence-electron chi connectivity index (χ1n) is 7.66. The standard InChI is InChI=1S/C15H32N2/c1-4-5-6-7-8-9-13(2)17-11-10-15(16)12-14(17)3/h13-15H,4-12,16H2,1-3H3. The van der Waals surface area contributed by atoms with Crippen LogP contribution in [-0.4, -0.2) is 29.6 Å². The summed E-state index contributed by atoms with van der Waals surface area (Å²) in [7, 11) is 0. The van der Waals surface area contributed by atoms with Crippen molar-refractivity contribution in [1.29, 1.82) is 0 Å². The van der Waals surface area contributed by atoms with E-state index in [9.17, 15) is 0 Å². The fraction of sp³-hybridized carbons (Fsp3) is 1.00. The molecule has 1 rings (SSSR count). The van der Waals surface area contributed by atoms with Crippen LogP contribution in [0.15, 0.2) is 0 Å². The maximum atomic E-state index is 6.02. The molecule has 1 saturated heterocycles. The first kappa shape index (κ1) is 15.0. The molecule has 102 valence electrons. The smallest absolute Gasteiger partial charge is 0.00844 e. The lowest BCUT2D eigenvalue weighted by Gasteiger charge is -2.40. The van der Waals surface area contributed by atoms with Crippen LogP contribution in [0.5, 0.6) is 0 Å². The Hall–Kier alpha value is -0.0800. The zero-order valence-corrected chi connectivity index (χ0v) is 12.1. The van der Waals surface area contributed by atoms with Gasteiger partial charge in [0.25, 0.3) is 0 Å². The van der Waals surface area contributed by atoms with Gasteiger partial charge in [0.05, 0.1) is 0 Å². The quantitative estimate of drug-likeness (QED) is 0.690. The monoisotopic (exact) mass is 240 g/mol. The molecule has 0 aliphatic carbocycles. The second-order valence-electron chi connectivity index (χ2n) is 5.92. The van der Waals surface area contributed by atoms with E-state index in [1.807, 2.05) is 0 Å². The molecule has 1 aliphatic rings. The average molecular weight is 240 g/mol. The van der Waals surface area contributed by atoms with Crippen molar-refractivity contribution < 1.29 is 0 Å². The summed E-state index contributed by atoms with van der Waals surface area (Å²) < 4.78 is 0. The van der Waals surface area contributed by atoms with E-state index < -0.39 is 0 Å². The number of rotatable bonds is 7. The highest BCUT2D eigenvalue weighted by molar-refractivity contribution is 4.83. The average Bonchev–Trinajstić information content (AvgIpc) is 2.28. The largest absolute Gasteiger partial charge is 0.328 e. The molecule has 1 aliphatic heterocycles. The lowest BCUT2D eigenvalue weighted by molar-refractivity contribution is 0.0980. The molecule has 17 heavy (non-hydrogen) atoms. The summed E-state index contributed by atoms with van der Waals surface area (Å²) in [5.41, 5.74) is 6.02. The van der Waals surface area contributed by atoms with Gasteiger partial charge in [-0.15, -0.1) is 0 Å². The minimum Gasteiger partial charge on any atom is -0.328 e. The zero-order valence-electron chi connectivity index (χ0n) is 12.1. The number of hydrogen-bond donors (Lipinski definition) is 1. The Kier molecular flexibility index (Phi) is 7.14. The molecule has 3 atom stereocenters. The van der Waals surface area contributed by atoms with E-state index in [2.05, 4.69) is 25.7 Å². The fourth-order valence-corrected chi connectivity index (χ4v) is 3.09. The topological polar surface area (TPSA) is 29.3 Å². The lowest BCUT2D eigenvalue weighted by atomic mass is 9.96. The van der Waals surface area contributed by atoms with Crippen molar-refractivity contribution in [2.24, 2.45) is 5.73 Å². The molecule has 0 saturated carbocycles.